The molecule has 0 aromatic carbocycles. The highest BCUT2D eigenvalue weighted by Crippen LogP contribution is 2.07. The standard InChI is InChI=1S/C8H15N3S/c9-8(12)11-7-5-3-1-2-4-6-10-7/h1-6H2,(H3,9,10,11,12). The molecule has 0 saturated carbocycles. The zero-order valence-corrected chi connectivity index (χ0v) is 7.99. The highest BCUT2D eigenvalue weighted by Gasteiger charge is 2.02. The van der Waals surface area contributed by atoms with Crippen molar-refractivity contribution in [2.24, 2.45) is 10.7 Å². The van der Waals surface area contributed by atoms with Gasteiger partial charge in [-0.05, 0) is 25.1 Å². The van der Waals surface area contributed by atoms with E-state index >= 15 is 0 Å². The number of amidine groups is 1. The number of nitrogens with zero attached hydrogens (tertiary/aromatic N) is 1. The van der Waals surface area contributed by atoms with E-state index < -0.39 is 0 Å². The number of thiocarbonyl (C=S) groups is 1. The van der Waals surface area contributed by atoms with Gasteiger partial charge in [0, 0.05) is 13.0 Å². The van der Waals surface area contributed by atoms with Gasteiger partial charge in [-0.15, -0.1) is 0 Å². The third kappa shape index (κ3) is 3.67. The van der Waals surface area contributed by atoms with Gasteiger partial charge < -0.3 is 11.1 Å². The molecule has 0 aromatic rings. The van der Waals surface area contributed by atoms with Crippen molar-refractivity contribution in [3.8, 4) is 0 Å². The van der Waals surface area contributed by atoms with Crippen LogP contribution in [0.5, 0.6) is 0 Å². The van der Waals surface area contributed by atoms with Crippen molar-refractivity contribution in [3.63, 3.8) is 0 Å². The van der Waals surface area contributed by atoms with Gasteiger partial charge in [-0.3, -0.25) is 4.99 Å². The van der Waals surface area contributed by atoms with Crippen molar-refractivity contribution < 1.29 is 0 Å². The van der Waals surface area contributed by atoms with Crippen LogP contribution in [0.2, 0.25) is 0 Å². The Balaban J connectivity index is 2.41. The molecule has 3 N–H and O–H groups in total. The molecule has 3 nitrogen and oxygen atoms in total. The van der Waals surface area contributed by atoms with Gasteiger partial charge in [-0.1, -0.05) is 12.8 Å². The van der Waals surface area contributed by atoms with E-state index in [1.165, 1.54) is 25.7 Å². The van der Waals surface area contributed by atoms with Crippen molar-refractivity contribution in [2.75, 3.05) is 6.54 Å². The van der Waals surface area contributed by atoms with Crippen molar-refractivity contribution in [2.45, 2.75) is 32.1 Å². The van der Waals surface area contributed by atoms with E-state index in [1.54, 1.807) is 0 Å². The molecular weight excluding hydrogens is 170 g/mol. The average molecular weight is 185 g/mol. The Morgan fingerprint density at radius 1 is 1.33 bits per heavy atom. The van der Waals surface area contributed by atoms with E-state index in [9.17, 15) is 0 Å². The van der Waals surface area contributed by atoms with Crippen molar-refractivity contribution in [1.29, 1.82) is 0 Å². The summed E-state index contributed by atoms with van der Waals surface area (Å²) in [4.78, 5) is 4.36. The Morgan fingerprint density at radius 3 is 2.83 bits per heavy atom. The summed E-state index contributed by atoms with van der Waals surface area (Å²) in [7, 11) is 0. The summed E-state index contributed by atoms with van der Waals surface area (Å²) in [6.45, 7) is 0.908. The number of hydrogen-bond acceptors (Lipinski definition) is 2. The summed E-state index contributed by atoms with van der Waals surface area (Å²) in [6.07, 6.45) is 5.94. The fraction of sp³-hybridized carbons (Fsp3) is 0.750. The van der Waals surface area contributed by atoms with Crippen LogP contribution in [0, 0.1) is 0 Å². The topological polar surface area (TPSA) is 50.4 Å². The summed E-state index contributed by atoms with van der Waals surface area (Å²) >= 11 is 4.74. The Hall–Kier alpha value is -0.640. The highest BCUT2D eigenvalue weighted by molar-refractivity contribution is 7.80. The van der Waals surface area contributed by atoms with E-state index in [4.69, 9.17) is 18.0 Å². The number of nitrogens with one attached hydrogen (secondary N) is 1. The maximum Gasteiger partial charge on any atom is 0.169 e. The minimum Gasteiger partial charge on any atom is -0.376 e. The molecule has 0 saturated heterocycles. The van der Waals surface area contributed by atoms with Gasteiger partial charge in [0.15, 0.2) is 5.11 Å². The van der Waals surface area contributed by atoms with E-state index in [0.717, 1.165) is 18.8 Å². The quantitative estimate of drug-likeness (QED) is 0.557. The minimum atomic E-state index is 0.328. The van der Waals surface area contributed by atoms with E-state index in [0.29, 0.717) is 5.11 Å². The van der Waals surface area contributed by atoms with Crippen LogP contribution in [0.15, 0.2) is 4.99 Å². The maximum atomic E-state index is 5.35. The number of rotatable bonds is 0. The smallest absolute Gasteiger partial charge is 0.169 e. The minimum absolute atomic E-state index is 0.328. The lowest BCUT2D eigenvalue weighted by molar-refractivity contribution is 0.640. The summed E-state index contributed by atoms with van der Waals surface area (Å²) in [5.41, 5.74) is 5.35. The predicted molar refractivity (Wildman–Crippen MR) is 55.3 cm³/mol. The first-order valence-electron chi connectivity index (χ1n) is 4.39. The third-order valence-electron chi connectivity index (χ3n) is 1.89. The molecule has 0 atom stereocenters. The molecule has 0 unspecified atom stereocenters. The molecule has 0 spiro atoms. The molecule has 1 aliphatic rings. The number of aliphatic imine (C=N–C) groups is 1. The first-order valence-corrected chi connectivity index (χ1v) is 4.79. The lowest BCUT2D eigenvalue weighted by Crippen LogP contribution is -2.35. The molecule has 0 bridgehead atoms. The molecule has 0 radical (unpaired) electrons. The highest BCUT2D eigenvalue weighted by atomic mass is 32.1. The van der Waals surface area contributed by atoms with Gasteiger partial charge in [0.05, 0.1) is 0 Å². The number of hydrogen-bond donors (Lipinski definition) is 2. The van der Waals surface area contributed by atoms with Crippen LogP contribution in [0.3, 0.4) is 0 Å². The van der Waals surface area contributed by atoms with Crippen molar-refractivity contribution in [1.82, 2.24) is 5.32 Å². The zero-order chi connectivity index (χ0) is 8.81. The molecule has 1 aliphatic heterocycles. The summed E-state index contributed by atoms with van der Waals surface area (Å²) in [5, 5.41) is 3.24. The van der Waals surface area contributed by atoms with Gasteiger partial charge in [-0.2, -0.15) is 0 Å². The van der Waals surface area contributed by atoms with Crippen LogP contribution in [0.4, 0.5) is 0 Å². The van der Waals surface area contributed by atoms with E-state index in [-0.39, 0.29) is 0 Å². The van der Waals surface area contributed by atoms with Crippen molar-refractivity contribution >= 4 is 23.2 Å². The van der Waals surface area contributed by atoms with Gasteiger partial charge in [0.1, 0.15) is 5.84 Å². The van der Waals surface area contributed by atoms with Crippen LogP contribution in [-0.2, 0) is 0 Å². The van der Waals surface area contributed by atoms with Crippen LogP contribution in [-0.4, -0.2) is 17.5 Å². The molecule has 4 heteroatoms. The monoisotopic (exact) mass is 185 g/mol. The second kappa shape index (κ2) is 5.09. The van der Waals surface area contributed by atoms with Crippen LogP contribution in [0.25, 0.3) is 0 Å². The van der Waals surface area contributed by atoms with Crippen molar-refractivity contribution in [3.05, 3.63) is 0 Å². The van der Waals surface area contributed by atoms with Crippen LogP contribution < -0.4 is 11.1 Å². The largest absolute Gasteiger partial charge is 0.376 e. The summed E-state index contributed by atoms with van der Waals surface area (Å²) in [6, 6.07) is 0. The Bertz CT molecular complexity index is 189. The summed E-state index contributed by atoms with van der Waals surface area (Å²) < 4.78 is 0. The molecule has 12 heavy (non-hydrogen) atoms. The Labute approximate surface area is 78.4 Å². The van der Waals surface area contributed by atoms with Crippen LogP contribution >= 0.6 is 12.2 Å². The SMILES string of the molecule is NC(=S)NC1=NCCCCCC1. The average Bonchev–Trinajstić information content (AvgIpc) is 1.93. The fourth-order valence-corrected chi connectivity index (χ4v) is 1.41. The van der Waals surface area contributed by atoms with E-state index in [2.05, 4.69) is 10.3 Å². The molecule has 0 aliphatic carbocycles. The lowest BCUT2D eigenvalue weighted by atomic mass is 10.1. The summed E-state index contributed by atoms with van der Waals surface area (Å²) in [5.74, 6) is 0.960. The van der Waals surface area contributed by atoms with Crippen LogP contribution in [0.1, 0.15) is 32.1 Å². The van der Waals surface area contributed by atoms with Gasteiger partial charge in [0.25, 0.3) is 0 Å². The van der Waals surface area contributed by atoms with E-state index in [1.807, 2.05) is 0 Å². The normalized spacial score (nSPS) is 18.8. The maximum absolute atomic E-state index is 5.35. The molecule has 0 amide bonds. The van der Waals surface area contributed by atoms with Gasteiger partial charge in [0.2, 0.25) is 0 Å². The Morgan fingerprint density at radius 2 is 2.08 bits per heavy atom. The second-order valence-corrected chi connectivity index (χ2v) is 3.42. The molecule has 1 rings (SSSR count). The Kier molecular flexibility index (Phi) is 4.00. The van der Waals surface area contributed by atoms with Gasteiger partial charge in [-0.25, -0.2) is 0 Å². The first-order chi connectivity index (χ1) is 5.79. The molecular formula is C8H15N3S. The second-order valence-electron chi connectivity index (χ2n) is 2.98. The zero-order valence-electron chi connectivity index (χ0n) is 7.18. The predicted octanol–water partition coefficient (Wildman–Crippen LogP) is 1.18. The third-order valence-corrected chi connectivity index (χ3v) is 1.99. The first kappa shape index (κ1) is 9.45. The molecule has 68 valence electrons. The lowest BCUT2D eigenvalue weighted by Gasteiger charge is -2.10. The fourth-order valence-electron chi connectivity index (χ4n) is 1.30. The molecule has 0 fully saturated rings. The molecule has 0 aromatic heterocycles. The molecule has 1 heterocycles. The van der Waals surface area contributed by atoms with Gasteiger partial charge >= 0.3 is 0 Å². The number of nitrogens with two attached hydrogens (primary N) is 1.